The molecule has 0 saturated carbocycles. The fourth-order valence-electron chi connectivity index (χ4n) is 1.36. The Balaban J connectivity index is 2.59. The van der Waals surface area contributed by atoms with E-state index in [0.29, 0.717) is 17.9 Å². The Morgan fingerprint density at radius 1 is 1.50 bits per heavy atom. The molecule has 0 unspecified atom stereocenters. The molecule has 18 heavy (non-hydrogen) atoms. The number of nitrogens with one attached hydrogen (secondary N) is 1. The molecule has 5 heteroatoms. The van der Waals surface area contributed by atoms with Gasteiger partial charge in [-0.15, -0.1) is 0 Å². The fourth-order valence-corrected chi connectivity index (χ4v) is 1.36. The standard InChI is InChI=1S/C13H19FN2O2/c1-13(2,15)8-16-12(17)6-9-4-5-10(18-3)7-11(9)14/h4-5,7H,6,8,15H2,1-3H3,(H,16,17). The van der Waals surface area contributed by atoms with Gasteiger partial charge in [-0.05, 0) is 25.5 Å². The van der Waals surface area contributed by atoms with Gasteiger partial charge in [0.2, 0.25) is 5.91 Å². The summed E-state index contributed by atoms with van der Waals surface area (Å²) >= 11 is 0. The maximum absolute atomic E-state index is 13.6. The van der Waals surface area contributed by atoms with Gasteiger partial charge in [-0.25, -0.2) is 4.39 Å². The molecule has 100 valence electrons. The fraction of sp³-hybridized carbons (Fsp3) is 0.462. The normalized spacial score (nSPS) is 11.2. The molecule has 1 aromatic carbocycles. The topological polar surface area (TPSA) is 64.3 Å². The number of halogens is 1. The second-order valence-electron chi connectivity index (χ2n) is 4.90. The highest BCUT2D eigenvalue weighted by atomic mass is 19.1. The van der Waals surface area contributed by atoms with Gasteiger partial charge in [-0.3, -0.25) is 4.79 Å². The largest absolute Gasteiger partial charge is 0.497 e. The molecule has 1 rings (SSSR count). The molecule has 0 aliphatic carbocycles. The van der Waals surface area contributed by atoms with Crippen molar-refractivity contribution >= 4 is 5.91 Å². The molecular formula is C13H19FN2O2. The number of ether oxygens (including phenoxy) is 1. The van der Waals surface area contributed by atoms with Crippen LogP contribution in [0.1, 0.15) is 19.4 Å². The molecule has 4 nitrogen and oxygen atoms in total. The summed E-state index contributed by atoms with van der Waals surface area (Å²) < 4.78 is 18.5. The van der Waals surface area contributed by atoms with E-state index in [0.717, 1.165) is 0 Å². The molecule has 1 amide bonds. The molecule has 0 aliphatic rings. The minimum atomic E-state index is -0.478. The van der Waals surface area contributed by atoms with Gasteiger partial charge in [-0.1, -0.05) is 6.07 Å². The Hall–Kier alpha value is -1.62. The van der Waals surface area contributed by atoms with Crippen molar-refractivity contribution in [2.75, 3.05) is 13.7 Å². The molecule has 3 N–H and O–H groups in total. The van der Waals surface area contributed by atoms with Crippen molar-refractivity contribution in [3.05, 3.63) is 29.6 Å². The second kappa shape index (κ2) is 5.82. The van der Waals surface area contributed by atoms with Crippen LogP contribution in [0.5, 0.6) is 5.75 Å². The third-order valence-corrected chi connectivity index (χ3v) is 2.35. The van der Waals surface area contributed by atoms with Gasteiger partial charge >= 0.3 is 0 Å². The average Bonchev–Trinajstić information content (AvgIpc) is 2.28. The first-order chi connectivity index (χ1) is 8.31. The molecule has 0 heterocycles. The van der Waals surface area contributed by atoms with Gasteiger partial charge in [0.1, 0.15) is 11.6 Å². The Kier molecular flexibility index (Phi) is 4.67. The number of hydrogen-bond acceptors (Lipinski definition) is 3. The van der Waals surface area contributed by atoms with E-state index in [2.05, 4.69) is 5.32 Å². The lowest BCUT2D eigenvalue weighted by molar-refractivity contribution is -0.120. The van der Waals surface area contributed by atoms with E-state index in [1.807, 2.05) is 0 Å². The maximum atomic E-state index is 13.6. The van der Waals surface area contributed by atoms with Crippen molar-refractivity contribution in [3.63, 3.8) is 0 Å². The SMILES string of the molecule is COc1ccc(CC(=O)NCC(C)(C)N)c(F)c1. The average molecular weight is 254 g/mol. The molecule has 0 fully saturated rings. The van der Waals surface area contributed by atoms with E-state index in [-0.39, 0.29) is 12.3 Å². The van der Waals surface area contributed by atoms with Gasteiger partial charge in [0, 0.05) is 18.2 Å². The predicted octanol–water partition coefficient (Wildman–Crippen LogP) is 1.23. The second-order valence-corrected chi connectivity index (χ2v) is 4.90. The van der Waals surface area contributed by atoms with Crippen molar-refractivity contribution in [2.24, 2.45) is 5.73 Å². The third-order valence-electron chi connectivity index (χ3n) is 2.35. The van der Waals surface area contributed by atoms with Gasteiger partial charge in [-0.2, -0.15) is 0 Å². The van der Waals surface area contributed by atoms with Crippen LogP contribution in [0.3, 0.4) is 0 Å². The van der Waals surface area contributed by atoms with Crippen LogP contribution in [-0.2, 0) is 11.2 Å². The first-order valence-electron chi connectivity index (χ1n) is 5.70. The van der Waals surface area contributed by atoms with Gasteiger partial charge < -0.3 is 15.8 Å². The van der Waals surface area contributed by atoms with Crippen molar-refractivity contribution in [3.8, 4) is 5.75 Å². The van der Waals surface area contributed by atoms with E-state index in [9.17, 15) is 9.18 Å². The molecule has 0 atom stereocenters. The van der Waals surface area contributed by atoms with E-state index in [1.165, 1.54) is 13.2 Å². The highest BCUT2D eigenvalue weighted by Gasteiger charge is 2.14. The molecule has 0 aliphatic heterocycles. The molecule has 1 aromatic rings. The first kappa shape index (κ1) is 14.4. The zero-order valence-corrected chi connectivity index (χ0v) is 10.9. The lowest BCUT2D eigenvalue weighted by atomic mass is 10.1. The van der Waals surface area contributed by atoms with Crippen LogP contribution in [0.25, 0.3) is 0 Å². The highest BCUT2D eigenvalue weighted by Crippen LogP contribution is 2.16. The zero-order chi connectivity index (χ0) is 13.8. The Labute approximate surface area is 106 Å². The molecule has 0 aromatic heterocycles. The van der Waals surface area contributed by atoms with Gasteiger partial charge in [0.15, 0.2) is 0 Å². The summed E-state index contributed by atoms with van der Waals surface area (Å²) in [6.45, 7) is 3.96. The summed E-state index contributed by atoms with van der Waals surface area (Å²) in [4.78, 5) is 11.6. The van der Waals surface area contributed by atoms with Crippen molar-refractivity contribution < 1.29 is 13.9 Å². The highest BCUT2D eigenvalue weighted by molar-refractivity contribution is 5.78. The van der Waals surface area contributed by atoms with Crippen molar-refractivity contribution in [1.29, 1.82) is 0 Å². The summed E-state index contributed by atoms with van der Waals surface area (Å²) in [5, 5.41) is 2.67. The van der Waals surface area contributed by atoms with E-state index >= 15 is 0 Å². The Bertz CT molecular complexity index is 427. The number of methoxy groups -OCH3 is 1. The van der Waals surface area contributed by atoms with Crippen LogP contribution < -0.4 is 15.8 Å². The Morgan fingerprint density at radius 2 is 2.17 bits per heavy atom. The smallest absolute Gasteiger partial charge is 0.224 e. The zero-order valence-electron chi connectivity index (χ0n) is 10.9. The molecule has 0 saturated heterocycles. The van der Waals surface area contributed by atoms with Crippen LogP contribution in [0.2, 0.25) is 0 Å². The lowest BCUT2D eigenvalue weighted by Gasteiger charge is -2.18. The number of carbonyl (C=O) groups excluding carboxylic acids is 1. The number of nitrogens with two attached hydrogens (primary N) is 1. The van der Waals surface area contributed by atoms with Crippen molar-refractivity contribution in [2.45, 2.75) is 25.8 Å². The molecule has 0 bridgehead atoms. The summed E-state index contributed by atoms with van der Waals surface area (Å²) in [6, 6.07) is 4.43. The summed E-state index contributed by atoms with van der Waals surface area (Å²) in [7, 11) is 1.46. The minimum absolute atomic E-state index is 0.00803. The van der Waals surface area contributed by atoms with E-state index in [4.69, 9.17) is 10.5 Å². The van der Waals surface area contributed by atoms with Gasteiger partial charge in [0.25, 0.3) is 0 Å². The molecule has 0 spiro atoms. The van der Waals surface area contributed by atoms with Crippen LogP contribution in [0.4, 0.5) is 4.39 Å². The number of carbonyl (C=O) groups is 1. The predicted molar refractivity (Wildman–Crippen MR) is 67.9 cm³/mol. The van der Waals surface area contributed by atoms with Crippen LogP contribution in [0, 0.1) is 5.82 Å². The maximum Gasteiger partial charge on any atom is 0.224 e. The van der Waals surface area contributed by atoms with E-state index in [1.54, 1.807) is 26.0 Å². The van der Waals surface area contributed by atoms with Crippen LogP contribution >= 0.6 is 0 Å². The number of rotatable bonds is 5. The summed E-state index contributed by atoms with van der Waals surface area (Å²) in [6.07, 6.45) is -0.00803. The van der Waals surface area contributed by atoms with Crippen molar-refractivity contribution in [1.82, 2.24) is 5.32 Å². The number of benzene rings is 1. The van der Waals surface area contributed by atoms with Gasteiger partial charge in [0.05, 0.1) is 13.5 Å². The summed E-state index contributed by atoms with van der Waals surface area (Å²) in [5.74, 6) is -0.270. The molecule has 0 radical (unpaired) electrons. The number of amides is 1. The lowest BCUT2D eigenvalue weighted by Crippen LogP contribution is -2.45. The van der Waals surface area contributed by atoms with E-state index < -0.39 is 11.4 Å². The Morgan fingerprint density at radius 3 is 2.67 bits per heavy atom. The molecular weight excluding hydrogens is 235 g/mol. The number of hydrogen-bond donors (Lipinski definition) is 2. The monoisotopic (exact) mass is 254 g/mol. The first-order valence-corrected chi connectivity index (χ1v) is 5.70. The minimum Gasteiger partial charge on any atom is -0.497 e. The third kappa shape index (κ3) is 4.71. The quantitative estimate of drug-likeness (QED) is 0.830. The van der Waals surface area contributed by atoms with Crippen LogP contribution in [0.15, 0.2) is 18.2 Å². The van der Waals surface area contributed by atoms with Crippen LogP contribution in [-0.4, -0.2) is 25.1 Å². The summed E-state index contributed by atoms with van der Waals surface area (Å²) in [5.41, 5.74) is 5.60.